The molecule has 0 aliphatic carbocycles. The Morgan fingerprint density at radius 1 is 1.29 bits per heavy atom. The van der Waals surface area contributed by atoms with Crippen molar-refractivity contribution in [1.82, 2.24) is 10.6 Å². The van der Waals surface area contributed by atoms with Gasteiger partial charge in [-0.1, -0.05) is 12.1 Å². The summed E-state index contributed by atoms with van der Waals surface area (Å²) in [6, 6.07) is 8.73. The van der Waals surface area contributed by atoms with Crippen molar-refractivity contribution >= 4 is 6.03 Å². The minimum Gasteiger partial charge on any atom is -0.497 e. The van der Waals surface area contributed by atoms with Gasteiger partial charge in [-0.25, -0.2) is 4.79 Å². The van der Waals surface area contributed by atoms with E-state index in [1.807, 2.05) is 24.3 Å². The normalized spacial score (nSPS) is 11.7. The lowest BCUT2D eigenvalue weighted by Crippen LogP contribution is -2.37. The smallest absolute Gasteiger partial charge is 0.315 e. The van der Waals surface area contributed by atoms with E-state index >= 15 is 0 Å². The summed E-state index contributed by atoms with van der Waals surface area (Å²) in [6.07, 6.45) is 2.14. The third-order valence-electron chi connectivity index (χ3n) is 3.00. The number of carbonyl (C=O) groups is 1. The largest absolute Gasteiger partial charge is 0.497 e. The molecule has 0 bridgehead atoms. The molecule has 0 radical (unpaired) electrons. The second-order valence-corrected chi connectivity index (χ2v) is 4.48. The van der Waals surface area contributed by atoms with Gasteiger partial charge in [-0.2, -0.15) is 0 Å². The molecule has 0 saturated carbocycles. The van der Waals surface area contributed by atoms with Gasteiger partial charge >= 0.3 is 6.03 Å². The van der Waals surface area contributed by atoms with E-state index in [-0.39, 0.29) is 12.6 Å². The van der Waals surface area contributed by atoms with Gasteiger partial charge in [0.2, 0.25) is 0 Å². The number of aliphatic hydroxyl groups excluding tert-OH is 1. The van der Waals surface area contributed by atoms with Crippen LogP contribution in [0.3, 0.4) is 0 Å². The first kappa shape index (κ1) is 14.9. The molecular weight excluding hydrogens is 272 g/mol. The maximum absolute atomic E-state index is 11.6. The van der Waals surface area contributed by atoms with Crippen molar-refractivity contribution in [1.29, 1.82) is 0 Å². The maximum Gasteiger partial charge on any atom is 0.315 e. The fourth-order valence-electron chi connectivity index (χ4n) is 1.76. The minimum atomic E-state index is -0.782. The average molecular weight is 290 g/mol. The van der Waals surface area contributed by atoms with Crippen LogP contribution in [0, 0.1) is 0 Å². The molecule has 1 atom stereocenters. The molecule has 1 aromatic heterocycles. The first-order valence-electron chi connectivity index (χ1n) is 6.54. The number of urea groups is 1. The van der Waals surface area contributed by atoms with Gasteiger partial charge in [0.05, 0.1) is 25.7 Å². The molecule has 0 unspecified atom stereocenters. The van der Waals surface area contributed by atoms with Crippen molar-refractivity contribution in [2.75, 3.05) is 13.7 Å². The maximum atomic E-state index is 11.6. The van der Waals surface area contributed by atoms with Gasteiger partial charge < -0.3 is 24.9 Å². The third-order valence-corrected chi connectivity index (χ3v) is 3.00. The number of rotatable bonds is 6. The van der Waals surface area contributed by atoms with Gasteiger partial charge in [-0.15, -0.1) is 0 Å². The van der Waals surface area contributed by atoms with Gasteiger partial charge in [0.25, 0.3) is 0 Å². The zero-order chi connectivity index (χ0) is 15.1. The van der Waals surface area contributed by atoms with Crippen molar-refractivity contribution in [3.8, 4) is 5.75 Å². The predicted molar refractivity (Wildman–Crippen MR) is 76.9 cm³/mol. The lowest BCUT2D eigenvalue weighted by molar-refractivity contribution is 0.172. The highest BCUT2D eigenvalue weighted by atomic mass is 16.5. The summed E-state index contributed by atoms with van der Waals surface area (Å²) in [4.78, 5) is 11.6. The highest BCUT2D eigenvalue weighted by Gasteiger charge is 2.10. The number of benzene rings is 1. The molecule has 2 aromatic rings. The predicted octanol–water partition coefficient (Wildman–Crippen LogP) is 1.82. The Kier molecular flexibility index (Phi) is 5.22. The molecule has 112 valence electrons. The SMILES string of the molecule is COc1ccc(CNC(=O)NC[C@@H](O)c2ccoc2)cc1. The van der Waals surface area contributed by atoms with Crippen molar-refractivity contribution in [3.05, 3.63) is 54.0 Å². The van der Waals surface area contributed by atoms with Crippen molar-refractivity contribution < 1.29 is 19.1 Å². The lowest BCUT2D eigenvalue weighted by atomic mass is 10.2. The van der Waals surface area contributed by atoms with E-state index in [2.05, 4.69) is 10.6 Å². The van der Waals surface area contributed by atoms with Crippen LogP contribution < -0.4 is 15.4 Å². The van der Waals surface area contributed by atoms with Gasteiger partial charge in [0.1, 0.15) is 5.75 Å². The van der Waals surface area contributed by atoms with Crippen LogP contribution in [0.1, 0.15) is 17.2 Å². The van der Waals surface area contributed by atoms with Crippen molar-refractivity contribution in [2.24, 2.45) is 0 Å². The van der Waals surface area contributed by atoms with E-state index in [1.165, 1.54) is 12.5 Å². The van der Waals surface area contributed by atoms with E-state index in [0.717, 1.165) is 11.3 Å². The topological polar surface area (TPSA) is 83.7 Å². The Hall–Kier alpha value is -2.47. The molecule has 0 spiro atoms. The second-order valence-electron chi connectivity index (χ2n) is 4.48. The number of nitrogens with one attached hydrogen (secondary N) is 2. The second kappa shape index (κ2) is 7.35. The fourth-order valence-corrected chi connectivity index (χ4v) is 1.76. The quantitative estimate of drug-likeness (QED) is 0.757. The summed E-state index contributed by atoms with van der Waals surface area (Å²) in [6.45, 7) is 0.519. The zero-order valence-electron chi connectivity index (χ0n) is 11.7. The molecule has 3 N–H and O–H groups in total. The first-order valence-corrected chi connectivity index (χ1v) is 6.54. The Balaban J connectivity index is 1.71. The van der Waals surface area contributed by atoms with E-state index in [4.69, 9.17) is 9.15 Å². The Bertz CT molecular complexity index is 552. The Morgan fingerprint density at radius 3 is 2.67 bits per heavy atom. The molecular formula is C15H18N2O4. The average Bonchev–Trinajstić information content (AvgIpc) is 3.05. The van der Waals surface area contributed by atoms with Gasteiger partial charge in [0.15, 0.2) is 0 Å². The molecule has 0 aliphatic rings. The van der Waals surface area contributed by atoms with Gasteiger partial charge in [-0.05, 0) is 23.8 Å². The van der Waals surface area contributed by atoms with Crippen LogP contribution >= 0.6 is 0 Å². The highest BCUT2D eigenvalue weighted by molar-refractivity contribution is 5.73. The number of hydrogen-bond acceptors (Lipinski definition) is 4. The highest BCUT2D eigenvalue weighted by Crippen LogP contribution is 2.12. The third kappa shape index (κ3) is 4.54. The Morgan fingerprint density at radius 2 is 2.05 bits per heavy atom. The molecule has 6 heteroatoms. The standard InChI is InChI=1S/C15H18N2O4/c1-20-13-4-2-11(3-5-13)8-16-15(19)17-9-14(18)12-6-7-21-10-12/h2-7,10,14,18H,8-9H2,1H3,(H2,16,17,19)/t14-/m1/s1. The summed E-state index contributed by atoms with van der Waals surface area (Å²) in [5, 5.41) is 15.1. The number of ether oxygens (including phenoxy) is 1. The van der Waals surface area contributed by atoms with Crippen LogP contribution in [0.2, 0.25) is 0 Å². The summed E-state index contributed by atoms with van der Waals surface area (Å²) in [5.74, 6) is 0.770. The molecule has 0 aliphatic heterocycles. The molecule has 1 heterocycles. The fraction of sp³-hybridized carbons (Fsp3) is 0.267. The molecule has 1 aromatic carbocycles. The van der Waals surface area contributed by atoms with Crippen LogP contribution in [0.5, 0.6) is 5.75 Å². The van der Waals surface area contributed by atoms with E-state index in [0.29, 0.717) is 12.1 Å². The van der Waals surface area contributed by atoms with E-state index < -0.39 is 6.10 Å². The number of carbonyl (C=O) groups excluding carboxylic acids is 1. The van der Waals surface area contributed by atoms with Crippen LogP contribution in [0.15, 0.2) is 47.3 Å². The van der Waals surface area contributed by atoms with Crippen molar-refractivity contribution in [3.63, 3.8) is 0 Å². The van der Waals surface area contributed by atoms with Crippen LogP contribution in [-0.4, -0.2) is 24.8 Å². The number of furan rings is 1. The monoisotopic (exact) mass is 290 g/mol. The summed E-state index contributed by atoms with van der Waals surface area (Å²) < 4.78 is 9.93. The number of aliphatic hydroxyl groups is 1. The minimum absolute atomic E-state index is 0.119. The first-order chi connectivity index (χ1) is 10.2. The number of methoxy groups -OCH3 is 1. The zero-order valence-corrected chi connectivity index (χ0v) is 11.7. The molecule has 2 rings (SSSR count). The molecule has 2 amide bonds. The number of amides is 2. The number of hydrogen-bond donors (Lipinski definition) is 3. The van der Waals surface area contributed by atoms with Crippen LogP contribution in [-0.2, 0) is 6.54 Å². The summed E-state index contributed by atoms with van der Waals surface area (Å²) in [5.41, 5.74) is 1.59. The Labute approximate surface area is 122 Å². The molecule has 0 saturated heterocycles. The van der Waals surface area contributed by atoms with E-state index in [9.17, 15) is 9.90 Å². The van der Waals surface area contributed by atoms with Crippen LogP contribution in [0.25, 0.3) is 0 Å². The van der Waals surface area contributed by atoms with Crippen molar-refractivity contribution in [2.45, 2.75) is 12.6 Å². The van der Waals surface area contributed by atoms with Gasteiger partial charge in [-0.3, -0.25) is 0 Å². The summed E-state index contributed by atoms with van der Waals surface area (Å²) in [7, 11) is 1.60. The summed E-state index contributed by atoms with van der Waals surface area (Å²) >= 11 is 0. The molecule has 0 fully saturated rings. The van der Waals surface area contributed by atoms with E-state index in [1.54, 1.807) is 13.2 Å². The van der Waals surface area contributed by atoms with Gasteiger partial charge in [0, 0.05) is 18.7 Å². The lowest BCUT2D eigenvalue weighted by Gasteiger charge is -2.11. The molecule has 21 heavy (non-hydrogen) atoms. The van der Waals surface area contributed by atoms with Crippen LogP contribution in [0.4, 0.5) is 4.79 Å². The molecule has 6 nitrogen and oxygen atoms in total.